The van der Waals surface area contributed by atoms with E-state index in [0.29, 0.717) is 11.8 Å². The number of hydrogen-bond acceptors (Lipinski definition) is 3. The first-order valence-corrected chi connectivity index (χ1v) is 5.86. The molecule has 1 aliphatic heterocycles. The molecule has 1 aromatic carbocycles. The Morgan fingerprint density at radius 3 is 3.00 bits per heavy atom. The molecule has 4 heteroatoms. The summed E-state index contributed by atoms with van der Waals surface area (Å²) in [7, 11) is 1.77. The average Bonchev–Trinajstić information content (AvgIpc) is 2.70. The van der Waals surface area contributed by atoms with E-state index in [4.69, 9.17) is 22.1 Å². The minimum atomic E-state index is 0.368. The molecule has 1 heterocycles. The summed E-state index contributed by atoms with van der Waals surface area (Å²) in [6.07, 6.45) is 1.47. The number of nitrogen functional groups attached to an aromatic ring is 1. The average molecular weight is 241 g/mol. The molecule has 0 bridgehead atoms. The predicted molar refractivity (Wildman–Crippen MR) is 66.6 cm³/mol. The monoisotopic (exact) mass is 240 g/mol. The Kier molecular flexibility index (Phi) is 3.69. The van der Waals surface area contributed by atoms with Crippen molar-refractivity contribution in [3.05, 3.63) is 28.8 Å². The number of nitrogens with two attached hydrogens (primary N) is 1. The number of hydrogen-bond donors (Lipinski definition) is 1. The van der Waals surface area contributed by atoms with Crippen molar-refractivity contribution in [2.45, 2.75) is 19.1 Å². The second-order valence-electron chi connectivity index (χ2n) is 4.23. The Bertz CT molecular complexity index is 370. The highest BCUT2D eigenvalue weighted by molar-refractivity contribution is 6.31. The van der Waals surface area contributed by atoms with Gasteiger partial charge in [-0.05, 0) is 24.1 Å². The van der Waals surface area contributed by atoms with Crippen LogP contribution >= 0.6 is 11.6 Å². The predicted octanol–water partition coefficient (Wildman–Crippen LogP) is 2.14. The first kappa shape index (κ1) is 11.7. The van der Waals surface area contributed by atoms with Crippen molar-refractivity contribution in [1.29, 1.82) is 0 Å². The van der Waals surface area contributed by atoms with Crippen molar-refractivity contribution in [1.82, 2.24) is 4.90 Å². The van der Waals surface area contributed by atoms with Crippen molar-refractivity contribution < 1.29 is 4.74 Å². The third-order valence-corrected chi connectivity index (χ3v) is 3.39. The molecule has 0 amide bonds. The van der Waals surface area contributed by atoms with Crippen molar-refractivity contribution in [3.63, 3.8) is 0 Å². The highest BCUT2D eigenvalue weighted by Gasteiger charge is 2.22. The first-order valence-electron chi connectivity index (χ1n) is 5.48. The van der Waals surface area contributed by atoms with Crippen molar-refractivity contribution in [2.75, 3.05) is 25.9 Å². The van der Waals surface area contributed by atoms with Crippen LogP contribution < -0.4 is 5.73 Å². The van der Waals surface area contributed by atoms with Crippen LogP contribution in [-0.4, -0.2) is 31.2 Å². The van der Waals surface area contributed by atoms with E-state index in [2.05, 4.69) is 4.90 Å². The zero-order valence-corrected chi connectivity index (χ0v) is 10.2. The Morgan fingerprint density at radius 1 is 1.56 bits per heavy atom. The van der Waals surface area contributed by atoms with Crippen LogP contribution in [0.5, 0.6) is 0 Å². The highest BCUT2D eigenvalue weighted by atomic mass is 35.5. The molecule has 1 aliphatic rings. The van der Waals surface area contributed by atoms with Gasteiger partial charge in [0.05, 0.1) is 6.10 Å². The van der Waals surface area contributed by atoms with E-state index in [1.807, 2.05) is 12.1 Å². The number of methoxy groups -OCH3 is 1. The second-order valence-corrected chi connectivity index (χ2v) is 4.64. The van der Waals surface area contributed by atoms with Crippen LogP contribution in [0.2, 0.25) is 5.02 Å². The van der Waals surface area contributed by atoms with Gasteiger partial charge in [0.1, 0.15) is 0 Å². The Morgan fingerprint density at radius 2 is 2.38 bits per heavy atom. The van der Waals surface area contributed by atoms with E-state index >= 15 is 0 Å². The standard InChI is InChI=1S/C12H17ClN2O/c1-16-11-4-5-15(8-11)7-9-2-3-10(14)6-12(9)13/h2-3,6,11H,4-5,7-8,14H2,1H3. The molecule has 0 saturated carbocycles. The molecule has 16 heavy (non-hydrogen) atoms. The van der Waals surface area contributed by atoms with Crippen molar-refractivity contribution in [3.8, 4) is 0 Å². The molecule has 1 unspecified atom stereocenters. The van der Waals surface area contributed by atoms with Gasteiger partial charge in [0.2, 0.25) is 0 Å². The van der Waals surface area contributed by atoms with Gasteiger partial charge in [-0.1, -0.05) is 17.7 Å². The summed E-state index contributed by atoms with van der Waals surface area (Å²) in [6, 6.07) is 5.70. The van der Waals surface area contributed by atoms with Crippen LogP contribution in [0.15, 0.2) is 18.2 Å². The summed E-state index contributed by atoms with van der Waals surface area (Å²) in [6.45, 7) is 2.93. The van der Waals surface area contributed by atoms with Gasteiger partial charge in [-0.25, -0.2) is 0 Å². The summed E-state index contributed by atoms with van der Waals surface area (Å²) in [4.78, 5) is 2.35. The molecule has 2 N–H and O–H groups in total. The summed E-state index contributed by atoms with van der Waals surface area (Å²) in [5, 5.41) is 0.751. The van der Waals surface area contributed by atoms with Crippen molar-refractivity contribution in [2.24, 2.45) is 0 Å². The Hall–Kier alpha value is -0.770. The van der Waals surface area contributed by atoms with E-state index in [9.17, 15) is 0 Å². The number of likely N-dealkylation sites (tertiary alicyclic amines) is 1. The lowest BCUT2D eigenvalue weighted by molar-refractivity contribution is 0.107. The quantitative estimate of drug-likeness (QED) is 0.823. The van der Waals surface area contributed by atoms with Gasteiger partial charge in [-0.15, -0.1) is 0 Å². The van der Waals surface area contributed by atoms with Crippen LogP contribution in [0.25, 0.3) is 0 Å². The molecular formula is C12H17ClN2O. The molecule has 1 fully saturated rings. The number of benzene rings is 1. The molecular weight excluding hydrogens is 224 g/mol. The fraction of sp³-hybridized carbons (Fsp3) is 0.500. The molecule has 0 spiro atoms. The van der Waals surface area contributed by atoms with Crippen LogP contribution in [0.3, 0.4) is 0 Å². The Labute approximate surface area is 101 Å². The summed E-state index contributed by atoms with van der Waals surface area (Å²) in [5.74, 6) is 0. The topological polar surface area (TPSA) is 38.5 Å². The van der Waals surface area contributed by atoms with E-state index in [1.165, 1.54) is 0 Å². The number of rotatable bonds is 3. The normalized spacial score (nSPS) is 21.5. The fourth-order valence-corrected chi connectivity index (χ4v) is 2.31. The Balaban J connectivity index is 1.99. The fourth-order valence-electron chi connectivity index (χ4n) is 2.07. The van der Waals surface area contributed by atoms with E-state index < -0.39 is 0 Å². The third-order valence-electron chi connectivity index (χ3n) is 3.03. The molecule has 1 aromatic rings. The lowest BCUT2D eigenvalue weighted by Gasteiger charge is -2.16. The van der Waals surface area contributed by atoms with E-state index in [0.717, 1.165) is 36.6 Å². The van der Waals surface area contributed by atoms with Gasteiger partial charge in [0, 0.05) is 37.5 Å². The number of halogens is 1. The van der Waals surface area contributed by atoms with Gasteiger partial charge in [-0.2, -0.15) is 0 Å². The maximum atomic E-state index is 6.14. The smallest absolute Gasteiger partial charge is 0.0710 e. The van der Waals surface area contributed by atoms with Crippen LogP contribution in [-0.2, 0) is 11.3 Å². The highest BCUT2D eigenvalue weighted by Crippen LogP contribution is 2.22. The minimum absolute atomic E-state index is 0.368. The van der Waals surface area contributed by atoms with E-state index in [1.54, 1.807) is 13.2 Å². The van der Waals surface area contributed by atoms with Gasteiger partial charge >= 0.3 is 0 Å². The zero-order valence-electron chi connectivity index (χ0n) is 9.45. The van der Waals surface area contributed by atoms with Crippen LogP contribution in [0, 0.1) is 0 Å². The summed E-state index contributed by atoms with van der Waals surface area (Å²) < 4.78 is 5.33. The lowest BCUT2D eigenvalue weighted by Crippen LogP contribution is -2.22. The largest absolute Gasteiger partial charge is 0.399 e. The molecule has 3 nitrogen and oxygen atoms in total. The lowest BCUT2D eigenvalue weighted by atomic mass is 10.2. The molecule has 0 aromatic heterocycles. The maximum absolute atomic E-state index is 6.14. The SMILES string of the molecule is COC1CCN(Cc2ccc(N)cc2Cl)C1. The molecule has 0 radical (unpaired) electrons. The molecule has 2 rings (SSSR count). The molecule has 1 atom stereocenters. The third kappa shape index (κ3) is 2.67. The van der Waals surface area contributed by atoms with Crippen molar-refractivity contribution >= 4 is 17.3 Å². The van der Waals surface area contributed by atoms with Gasteiger partial charge in [-0.3, -0.25) is 4.90 Å². The first-order chi connectivity index (χ1) is 7.69. The summed E-state index contributed by atoms with van der Waals surface area (Å²) in [5.41, 5.74) is 7.51. The number of nitrogens with zero attached hydrogens (tertiary/aromatic N) is 1. The molecule has 0 aliphatic carbocycles. The number of ether oxygens (including phenoxy) is 1. The minimum Gasteiger partial charge on any atom is -0.399 e. The van der Waals surface area contributed by atoms with E-state index in [-0.39, 0.29) is 0 Å². The molecule has 88 valence electrons. The summed E-state index contributed by atoms with van der Waals surface area (Å²) >= 11 is 6.14. The maximum Gasteiger partial charge on any atom is 0.0710 e. The van der Waals surface area contributed by atoms with Crippen LogP contribution in [0.1, 0.15) is 12.0 Å². The molecule has 1 saturated heterocycles. The number of anilines is 1. The van der Waals surface area contributed by atoms with Crippen LogP contribution in [0.4, 0.5) is 5.69 Å². The van der Waals surface area contributed by atoms with Gasteiger partial charge < -0.3 is 10.5 Å². The van der Waals surface area contributed by atoms with Gasteiger partial charge in [0.25, 0.3) is 0 Å². The second kappa shape index (κ2) is 5.04. The van der Waals surface area contributed by atoms with Gasteiger partial charge in [0.15, 0.2) is 0 Å². The zero-order chi connectivity index (χ0) is 11.5.